The van der Waals surface area contributed by atoms with Crippen LogP contribution in [0.3, 0.4) is 0 Å². The molecule has 2 aromatic carbocycles. The molecule has 3 rings (SSSR count). The summed E-state index contributed by atoms with van der Waals surface area (Å²) in [5.74, 6) is -2.61. The molecule has 6 nitrogen and oxygen atoms in total. The molecule has 2 N–H and O–H groups in total. The predicted octanol–water partition coefficient (Wildman–Crippen LogP) is 5.29. The normalized spacial score (nSPS) is 12.1. The number of thiazole rings is 1. The van der Waals surface area contributed by atoms with E-state index in [0.29, 0.717) is 5.56 Å². The van der Waals surface area contributed by atoms with Gasteiger partial charge in [0.15, 0.2) is 10.9 Å². The number of hydrogen-bond acceptors (Lipinski definition) is 5. The van der Waals surface area contributed by atoms with Gasteiger partial charge in [-0.1, -0.05) is 36.4 Å². The van der Waals surface area contributed by atoms with Gasteiger partial charge in [0.05, 0.1) is 17.7 Å². The highest BCUT2D eigenvalue weighted by Crippen LogP contribution is 2.38. The summed E-state index contributed by atoms with van der Waals surface area (Å²) in [6.45, 7) is 0. The molecular weight excluding hydrogens is 467 g/mol. The fourth-order valence-electron chi connectivity index (χ4n) is 2.81. The molecule has 0 aliphatic carbocycles. The number of aromatic nitrogens is 1. The number of nitrogens with one attached hydrogen (secondary N) is 2. The molecule has 0 radical (unpaired) electrons. The SMILES string of the molecule is O=C(CC(=O)c1cccc(C(F)(F)F)c1NC(=O)C(Cl)c1ccccc1)Nc1nccs1. The van der Waals surface area contributed by atoms with Crippen LogP contribution in [0.1, 0.15) is 33.3 Å². The summed E-state index contributed by atoms with van der Waals surface area (Å²) < 4.78 is 40.8. The van der Waals surface area contributed by atoms with Gasteiger partial charge < -0.3 is 10.6 Å². The second-order valence-corrected chi connectivity index (χ2v) is 7.80. The lowest BCUT2D eigenvalue weighted by Gasteiger charge is -2.18. The lowest BCUT2D eigenvalue weighted by molar-refractivity contribution is -0.137. The molecule has 11 heteroatoms. The number of rotatable bonds is 7. The monoisotopic (exact) mass is 481 g/mol. The van der Waals surface area contributed by atoms with Crippen LogP contribution in [0.2, 0.25) is 0 Å². The zero-order chi connectivity index (χ0) is 23.3. The standard InChI is InChI=1S/C21H15ClF3N3O3S/c22-17(12-5-2-1-3-6-12)19(31)28-18-13(7-4-8-14(18)21(23,24)25)15(29)11-16(30)27-20-26-9-10-32-20/h1-10,17H,11H2,(H,28,31)(H,26,27,30). The fraction of sp³-hybridized carbons (Fsp3) is 0.143. The van der Waals surface area contributed by atoms with E-state index in [1.54, 1.807) is 35.7 Å². The van der Waals surface area contributed by atoms with E-state index in [4.69, 9.17) is 11.6 Å². The molecule has 0 aliphatic rings. The van der Waals surface area contributed by atoms with Crippen LogP contribution in [0.15, 0.2) is 60.1 Å². The van der Waals surface area contributed by atoms with E-state index in [-0.39, 0.29) is 5.13 Å². The Morgan fingerprint density at radius 3 is 2.38 bits per heavy atom. The van der Waals surface area contributed by atoms with Gasteiger partial charge in [-0.2, -0.15) is 13.2 Å². The maximum Gasteiger partial charge on any atom is 0.418 e. The van der Waals surface area contributed by atoms with Crippen molar-refractivity contribution in [3.05, 3.63) is 76.8 Å². The van der Waals surface area contributed by atoms with E-state index in [1.807, 2.05) is 0 Å². The first-order valence-electron chi connectivity index (χ1n) is 9.09. The van der Waals surface area contributed by atoms with Crippen LogP contribution in [0, 0.1) is 0 Å². The molecule has 32 heavy (non-hydrogen) atoms. The molecule has 0 spiro atoms. The van der Waals surface area contributed by atoms with Gasteiger partial charge in [-0.25, -0.2) is 4.98 Å². The Balaban J connectivity index is 1.88. The van der Waals surface area contributed by atoms with Crippen LogP contribution >= 0.6 is 22.9 Å². The molecule has 1 atom stereocenters. The van der Waals surface area contributed by atoms with Gasteiger partial charge in [0.1, 0.15) is 5.38 Å². The zero-order valence-electron chi connectivity index (χ0n) is 16.2. The summed E-state index contributed by atoms with van der Waals surface area (Å²) in [5.41, 5.74) is -2.07. The smallest absolute Gasteiger partial charge is 0.323 e. The number of amides is 2. The minimum atomic E-state index is -4.86. The highest BCUT2D eigenvalue weighted by atomic mass is 35.5. The number of benzene rings is 2. The molecule has 0 saturated carbocycles. The second kappa shape index (κ2) is 9.92. The quantitative estimate of drug-likeness (QED) is 0.272. The first-order chi connectivity index (χ1) is 15.2. The number of nitrogens with zero attached hydrogens (tertiary/aromatic N) is 1. The highest BCUT2D eigenvalue weighted by Gasteiger charge is 2.36. The van der Waals surface area contributed by atoms with Gasteiger partial charge >= 0.3 is 6.18 Å². The number of hydrogen-bond donors (Lipinski definition) is 2. The summed E-state index contributed by atoms with van der Waals surface area (Å²) in [5, 5.41) is 5.06. The first-order valence-corrected chi connectivity index (χ1v) is 10.4. The van der Waals surface area contributed by atoms with Crippen LogP contribution in [0.5, 0.6) is 0 Å². The van der Waals surface area contributed by atoms with Gasteiger partial charge in [0.2, 0.25) is 11.8 Å². The third-order valence-corrected chi connectivity index (χ3v) is 5.38. The van der Waals surface area contributed by atoms with E-state index in [1.165, 1.54) is 6.20 Å². The maximum atomic E-state index is 13.6. The van der Waals surface area contributed by atoms with Crippen molar-refractivity contribution >= 4 is 51.4 Å². The lowest BCUT2D eigenvalue weighted by Crippen LogP contribution is -2.24. The Morgan fingerprint density at radius 2 is 1.75 bits per heavy atom. The number of carbonyl (C=O) groups is 3. The average molecular weight is 482 g/mol. The van der Waals surface area contributed by atoms with Crippen LogP contribution < -0.4 is 10.6 Å². The molecule has 0 fully saturated rings. The Labute approximate surface area is 189 Å². The minimum Gasteiger partial charge on any atom is -0.323 e. The molecule has 0 saturated heterocycles. The van der Waals surface area contributed by atoms with Gasteiger partial charge in [-0.3, -0.25) is 14.4 Å². The molecule has 3 aromatic rings. The Kier molecular flexibility index (Phi) is 7.26. The molecule has 1 heterocycles. The molecule has 0 aliphatic heterocycles. The van der Waals surface area contributed by atoms with Crippen molar-refractivity contribution in [1.29, 1.82) is 0 Å². The van der Waals surface area contributed by atoms with E-state index in [2.05, 4.69) is 15.6 Å². The molecular formula is C21H15ClF3N3O3S. The molecule has 0 bridgehead atoms. The topological polar surface area (TPSA) is 88.2 Å². The Bertz CT molecular complexity index is 1120. The van der Waals surface area contributed by atoms with Crippen molar-refractivity contribution in [1.82, 2.24) is 4.98 Å². The number of carbonyl (C=O) groups excluding carboxylic acids is 3. The largest absolute Gasteiger partial charge is 0.418 e. The average Bonchev–Trinajstić information content (AvgIpc) is 3.25. The lowest BCUT2D eigenvalue weighted by atomic mass is 10.0. The van der Waals surface area contributed by atoms with Crippen molar-refractivity contribution in [2.75, 3.05) is 10.6 Å². The first kappa shape index (κ1) is 23.4. The Hall–Kier alpha value is -3.24. The maximum absolute atomic E-state index is 13.6. The zero-order valence-corrected chi connectivity index (χ0v) is 17.7. The van der Waals surface area contributed by atoms with Crippen LogP contribution in [-0.2, 0) is 15.8 Å². The molecule has 2 amide bonds. The van der Waals surface area contributed by atoms with Gasteiger partial charge in [-0.05, 0) is 17.7 Å². The van der Waals surface area contributed by atoms with Gasteiger partial charge in [0, 0.05) is 17.1 Å². The van der Waals surface area contributed by atoms with Crippen molar-refractivity contribution < 1.29 is 27.6 Å². The minimum absolute atomic E-state index is 0.244. The van der Waals surface area contributed by atoms with Crippen LogP contribution in [-0.4, -0.2) is 22.6 Å². The summed E-state index contributed by atoms with van der Waals surface area (Å²) in [6.07, 6.45) is -4.17. The summed E-state index contributed by atoms with van der Waals surface area (Å²) in [4.78, 5) is 41.2. The van der Waals surface area contributed by atoms with Crippen molar-refractivity contribution in [3.8, 4) is 0 Å². The number of anilines is 2. The fourth-order valence-corrected chi connectivity index (χ4v) is 3.55. The second-order valence-electron chi connectivity index (χ2n) is 6.47. The van der Waals surface area contributed by atoms with Crippen LogP contribution in [0.4, 0.5) is 24.0 Å². The predicted molar refractivity (Wildman–Crippen MR) is 115 cm³/mol. The van der Waals surface area contributed by atoms with Crippen LogP contribution in [0.25, 0.3) is 0 Å². The van der Waals surface area contributed by atoms with E-state index in [9.17, 15) is 27.6 Å². The third-order valence-electron chi connectivity index (χ3n) is 4.24. The number of halogens is 4. The highest BCUT2D eigenvalue weighted by molar-refractivity contribution is 7.13. The van der Waals surface area contributed by atoms with Gasteiger partial charge in [0.25, 0.3) is 0 Å². The van der Waals surface area contributed by atoms with E-state index < -0.39 is 52.4 Å². The number of ketones is 1. The summed E-state index contributed by atoms with van der Waals surface area (Å²) in [7, 11) is 0. The van der Waals surface area contributed by atoms with E-state index in [0.717, 1.165) is 29.5 Å². The molecule has 166 valence electrons. The molecule has 1 aromatic heterocycles. The summed E-state index contributed by atoms with van der Waals surface area (Å²) in [6, 6.07) is 10.9. The van der Waals surface area contributed by atoms with Crippen molar-refractivity contribution in [2.45, 2.75) is 18.0 Å². The van der Waals surface area contributed by atoms with Crippen molar-refractivity contribution in [2.24, 2.45) is 0 Å². The third kappa shape index (κ3) is 5.71. The number of Topliss-reactive ketones (excluding diaryl/α,β-unsaturated/α-hetero) is 1. The van der Waals surface area contributed by atoms with Crippen molar-refractivity contribution in [3.63, 3.8) is 0 Å². The molecule has 1 unspecified atom stereocenters. The Morgan fingerprint density at radius 1 is 1.03 bits per heavy atom. The van der Waals surface area contributed by atoms with Gasteiger partial charge in [-0.15, -0.1) is 22.9 Å². The summed E-state index contributed by atoms with van der Waals surface area (Å²) >= 11 is 7.24. The number of alkyl halides is 4. The number of para-hydroxylation sites is 1. The van der Waals surface area contributed by atoms with E-state index >= 15 is 0 Å².